The van der Waals surface area contributed by atoms with Gasteiger partial charge in [-0.25, -0.2) is 4.79 Å². The molecule has 0 bridgehead atoms. The van der Waals surface area contributed by atoms with Crippen LogP contribution >= 0.6 is 0 Å². The third-order valence-corrected chi connectivity index (χ3v) is 4.50. The number of ketones is 1. The number of nitrogens with zero attached hydrogens (tertiary/aromatic N) is 1. The fourth-order valence-corrected chi connectivity index (χ4v) is 3.20. The van der Waals surface area contributed by atoms with Crippen molar-refractivity contribution < 1.29 is 24.2 Å². The molecule has 1 aliphatic rings. The second kappa shape index (κ2) is 7.72. The van der Waals surface area contributed by atoms with Crippen LogP contribution < -0.4 is 10.4 Å². The molecule has 1 aliphatic heterocycles. The highest BCUT2D eigenvalue weighted by Crippen LogP contribution is 2.40. The van der Waals surface area contributed by atoms with Crippen molar-refractivity contribution in [2.75, 3.05) is 11.5 Å². The van der Waals surface area contributed by atoms with Crippen LogP contribution in [0.5, 0.6) is 0 Å². The number of Topliss-reactive ketones (excluding diaryl/α,β-unsaturated/α-hetero) is 1. The lowest BCUT2D eigenvalue weighted by atomic mass is 9.91. The molecule has 140 valence electrons. The lowest BCUT2D eigenvalue weighted by molar-refractivity contribution is -0.117. The number of carbonyl (C=O) groups excluding carboxylic acids is 3. The molecule has 3 rings (SSSR count). The zero-order valence-electron chi connectivity index (χ0n) is 15.5. The molecule has 7 heteroatoms. The maximum Gasteiger partial charge on any atom is 0.338 e. The van der Waals surface area contributed by atoms with Gasteiger partial charge in [0.1, 0.15) is 7.85 Å². The number of benzene rings is 2. The van der Waals surface area contributed by atoms with Crippen molar-refractivity contribution >= 4 is 36.7 Å². The van der Waals surface area contributed by atoms with Gasteiger partial charge in [-0.05, 0) is 43.7 Å². The van der Waals surface area contributed by atoms with Crippen molar-refractivity contribution in [2.45, 2.75) is 19.9 Å². The Balaban J connectivity index is 2.05. The van der Waals surface area contributed by atoms with Crippen LogP contribution in [-0.2, 0) is 14.3 Å². The Labute approximate surface area is 163 Å². The fourth-order valence-electron chi connectivity index (χ4n) is 3.20. The lowest BCUT2D eigenvalue weighted by Crippen LogP contribution is -2.31. The first-order valence-electron chi connectivity index (χ1n) is 8.75. The molecule has 0 fully saturated rings. The number of esters is 1. The van der Waals surface area contributed by atoms with E-state index in [2.05, 4.69) is 0 Å². The summed E-state index contributed by atoms with van der Waals surface area (Å²) >= 11 is 0. The highest BCUT2D eigenvalue weighted by Gasteiger charge is 2.43. The van der Waals surface area contributed by atoms with Gasteiger partial charge in [0.2, 0.25) is 0 Å². The number of carbonyl (C=O) groups is 3. The molecule has 1 N–H and O–H groups in total. The Morgan fingerprint density at radius 1 is 1.11 bits per heavy atom. The van der Waals surface area contributed by atoms with Crippen LogP contribution in [0, 0.1) is 0 Å². The van der Waals surface area contributed by atoms with Crippen LogP contribution in [0.1, 0.15) is 35.8 Å². The van der Waals surface area contributed by atoms with Gasteiger partial charge in [0.05, 0.1) is 23.8 Å². The first kappa shape index (κ1) is 19.4. The smallest absolute Gasteiger partial charge is 0.338 e. The van der Waals surface area contributed by atoms with Crippen LogP contribution in [0.3, 0.4) is 0 Å². The normalized spacial score (nSPS) is 16.4. The minimum Gasteiger partial charge on any atom is -0.503 e. The molecule has 1 amide bonds. The number of rotatable bonds is 5. The average molecular weight is 375 g/mol. The van der Waals surface area contributed by atoms with E-state index < -0.39 is 29.5 Å². The molecule has 2 radical (unpaired) electrons. The molecule has 1 heterocycles. The maximum absolute atomic E-state index is 12.7. The Kier molecular flexibility index (Phi) is 5.35. The van der Waals surface area contributed by atoms with E-state index in [4.69, 9.17) is 12.6 Å². The quantitative estimate of drug-likeness (QED) is 0.640. The molecule has 0 unspecified atom stereocenters. The van der Waals surface area contributed by atoms with Crippen LogP contribution in [0.4, 0.5) is 5.69 Å². The van der Waals surface area contributed by atoms with E-state index in [-0.39, 0.29) is 12.2 Å². The summed E-state index contributed by atoms with van der Waals surface area (Å²) in [5, 5.41) is 10.3. The van der Waals surface area contributed by atoms with E-state index in [9.17, 15) is 19.5 Å². The molecule has 0 saturated carbocycles. The summed E-state index contributed by atoms with van der Waals surface area (Å²) in [5.41, 5.74) is 1.96. The number of hydrogen-bond donors (Lipinski definition) is 1. The minimum absolute atomic E-state index is 0.0178. The average Bonchev–Trinajstić information content (AvgIpc) is 2.94. The van der Waals surface area contributed by atoms with Gasteiger partial charge >= 0.3 is 5.97 Å². The van der Waals surface area contributed by atoms with E-state index in [0.29, 0.717) is 22.3 Å². The number of hydrogen-bond acceptors (Lipinski definition) is 5. The molecule has 6 nitrogen and oxygen atoms in total. The molecule has 2 aromatic carbocycles. The Bertz CT molecular complexity index is 963. The third kappa shape index (κ3) is 3.43. The predicted molar refractivity (Wildman–Crippen MR) is 105 cm³/mol. The van der Waals surface area contributed by atoms with Crippen LogP contribution in [0.25, 0.3) is 0 Å². The highest BCUT2D eigenvalue weighted by atomic mass is 16.5. The monoisotopic (exact) mass is 375 g/mol. The number of anilines is 1. The van der Waals surface area contributed by atoms with Gasteiger partial charge in [-0.15, -0.1) is 0 Å². The highest BCUT2D eigenvalue weighted by molar-refractivity contribution is 6.32. The molecule has 0 aromatic heterocycles. The Hall–Kier alpha value is -3.35. The minimum atomic E-state index is -0.793. The summed E-state index contributed by atoms with van der Waals surface area (Å²) in [7, 11) is 5.74. The Morgan fingerprint density at radius 3 is 2.25 bits per heavy atom. The molecular formula is C21H18BNO5. The molecule has 0 spiro atoms. The van der Waals surface area contributed by atoms with Crippen molar-refractivity contribution in [1.29, 1.82) is 0 Å². The Morgan fingerprint density at radius 2 is 1.71 bits per heavy atom. The number of aliphatic hydroxyl groups is 1. The fraction of sp³-hybridized carbons (Fsp3) is 0.190. The van der Waals surface area contributed by atoms with E-state index in [0.717, 1.165) is 0 Å². The van der Waals surface area contributed by atoms with Gasteiger partial charge in [0.15, 0.2) is 11.5 Å². The molecule has 28 heavy (non-hydrogen) atoms. The molecule has 2 aromatic rings. The summed E-state index contributed by atoms with van der Waals surface area (Å²) in [6.45, 7) is 3.27. The van der Waals surface area contributed by atoms with Crippen molar-refractivity contribution in [3.63, 3.8) is 0 Å². The first-order valence-corrected chi connectivity index (χ1v) is 8.75. The third-order valence-electron chi connectivity index (χ3n) is 4.50. The topological polar surface area (TPSA) is 83.9 Å². The zero-order valence-corrected chi connectivity index (χ0v) is 15.5. The standard InChI is InChI=1S/C21H18BNO5/c1-3-28-21(27)14-6-10-16(11-7-14)23-18(13-4-8-15(22)9-5-13)17(12(2)24)19(25)20(23)26/h4-11,18,25H,3H2,1-2H3/t18-/m1/s1. The summed E-state index contributed by atoms with van der Waals surface area (Å²) in [4.78, 5) is 38.1. The second-order valence-electron chi connectivity index (χ2n) is 6.33. The zero-order chi connectivity index (χ0) is 20.4. The number of amides is 1. The molecular weight excluding hydrogens is 357 g/mol. The summed E-state index contributed by atoms with van der Waals surface area (Å²) in [6, 6.07) is 12.1. The van der Waals surface area contributed by atoms with E-state index in [1.54, 1.807) is 43.3 Å². The van der Waals surface area contributed by atoms with Gasteiger partial charge in [0, 0.05) is 5.69 Å². The molecule has 0 saturated heterocycles. The van der Waals surface area contributed by atoms with Gasteiger partial charge in [0.25, 0.3) is 5.91 Å². The SMILES string of the molecule is [B]c1ccc([C@@H]2C(C(C)=O)=C(O)C(=O)N2c2ccc(C(=O)OCC)cc2)cc1. The van der Waals surface area contributed by atoms with E-state index in [1.165, 1.54) is 24.0 Å². The van der Waals surface area contributed by atoms with Crippen molar-refractivity contribution in [3.05, 3.63) is 71.0 Å². The first-order chi connectivity index (χ1) is 13.3. The number of aliphatic hydroxyl groups excluding tert-OH is 1. The van der Waals surface area contributed by atoms with Crippen LogP contribution in [-0.4, -0.2) is 37.2 Å². The lowest BCUT2D eigenvalue weighted by Gasteiger charge is -2.27. The van der Waals surface area contributed by atoms with Crippen LogP contribution in [0.2, 0.25) is 0 Å². The molecule has 1 atom stereocenters. The van der Waals surface area contributed by atoms with Gasteiger partial charge < -0.3 is 9.84 Å². The summed E-state index contributed by atoms with van der Waals surface area (Å²) < 4.78 is 4.96. The largest absolute Gasteiger partial charge is 0.503 e. The summed E-state index contributed by atoms with van der Waals surface area (Å²) in [5.74, 6) is -2.14. The molecule has 0 aliphatic carbocycles. The van der Waals surface area contributed by atoms with Crippen molar-refractivity contribution in [2.24, 2.45) is 0 Å². The van der Waals surface area contributed by atoms with E-state index in [1.807, 2.05) is 0 Å². The summed E-state index contributed by atoms with van der Waals surface area (Å²) in [6.07, 6.45) is 0. The predicted octanol–water partition coefficient (Wildman–Crippen LogP) is 2.15. The van der Waals surface area contributed by atoms with Gasteiger partial charge in [-0.1, -0.05) is 29.7 Å². The maximum atomic E-state index is 12.7. The van der Waals surface area contributed by atoms with Crippen molar-refractivity contribution in [1.82, 2.24) is 0 Å². The second-order valence-corrected chi connectivity index (χ2v) is 6.33. The van der Waals surface area contributed by atoms with Crippen LogP contribution in [0.15, 0.2) is 59.9 Å². The van der Waals surface area contributed by atoms with E-state index >= 15 is 0 Å². The van der Waals surface area contributed by atoms with Gasteiger partial charge in [-0.3, -0.25) is 14.5 Å². The van der Waals surface area contributed by atoms with Crippen molar-refractivity contribution in [3.8, 4) is 0 Å². The van der Waals surface area contributed by atoms with Gasteiger partial charge in [-0.2, -0.15) is 0 Å². The number of ether oxygens (including phenoxy) is 1.